The third kappa shape index (κ3) is 5.21. The Balaban J connectivity index is 1.43. The highest BCUT2D eigenvalue weighted by atomic mass is 16.5. The summed E-state index contributed by atoms with van der Waals surface area (Å²) in [5, 5.41) is 0. The predicted molar refractivity (Wildman–Crippen MR) is 101 cm³/mol. The fourth-order valence-corrected chi connectivity index (χ4v) is 4.18. The van der Waals surface area contributed by atoms with E-state index >= 15 is 0 Å². The van der Waals surface area contributed by atoms with E-state index in [0.717, 1.165) is 38.1 Å². The molecular weight excluding hydrogens is 312 g/mol. The van der Waals surface area contributed by atoms with Crippen LogP contribution in [-0.2, 0) is 11.2 Å². The first kappa shape index (κ1) is 18.2. The molecule has 0 unspecified atom stereocenters. The van der Waals surface area contributed by atoms with Crippen LogP contribution < -0.4 is 4.74 Å². The SMILES string of the molecule is COc1cccc(CCC(=O)N2CCC(N3CCCCCC3)CC2)c1. The number of piperidine rings is 1. The number of hydrogen-bond donors (Lipinski definition) is 0. The Hall–Kier alpha value is -1.55. The van der Waals surface area contributed by atoms with Gasteiger partial charge in [0.15, 0.2) is 0 Å². The molecule has 2 aliphatic heterocycles. The first-order valence-corrected chi connectivity index (χ1v) is 9.91. The maximum atomic E-state index is 12.5. The largest absolute Gasteiger partial charge is 0.497 e. The highest BCUT2D eigenvalue weighted by Crippen LogP contribution is 2.21. The van der Waals surface area contributed by atoms with Gasteiger partial charge in [0, 0.05) is 25.6 Å². The molecule has 2 aliphatic rings. The van der Waals surface area contributed by atoms with E-state index in [4.69, 9.17) is 4.74 Å². The summed E-state index contributed by atoms with van der Waals surface area (Å²) in [4.78, 5) is 17.3. The van der Waals surface area contributed by atoms with Gasteiger partial charge in [0.25, 0.3) is 0 Å². The van der Waals surface area contributed by atoms with Crippen molar-refractivity contribution >= 4 is 5.91 Å². The lowest BCUT2D eigenvalue weighted by Crippen LogP contribution is -2.47. The van der Waals surface area contributed by atoms with E-state index in [1.165, 1.54) is 44.3 Å². The summed E-state index contributed by atoms with van der Waals surface area (Å²) in [7, 11) is 1.68. The van der Waals surface area contributed by atoms with Crippen LogP contribution >= 0.6 is 0 Å². The van der Waals surface area contributed by atoms with Crippen LogP contribution in [0, 0.1) is 0 Å². The average molecular weight is 344 g/mol. The zero-order chi connectivity index (χ0) is 17.5. The lowest BCUT2D eigenvalue weighted by Gasteiger charge is -2.38. The number of rotatable bonds is 5. The second-order valence-electron chi connectivity index (χ2n) is 7.41. The minimum Gasteiger partial charge on any atom is -0.497 e. The molecule has 0 spiro atoms. The van der Waals surface area contributed by atoms with Crippen molar-refractivity contribution in [2.45, 2.75) is 57.4 Å². The molecule has 1 aromatic rings. The molecule has 2 heterocycles. The molecule has 0 radical (unpaired) electrons. The first-order chi connectivity index (χ1) is 12.3. The van der Waals surface area contributed by atoms with Crippen LogP contribution in [0.3, 0.4) is 0 Å². The number of nitrogens with zero attached hydrogens (tertiary/aromatic N) is 2. The van der Waals surface area contributed by atoms with Gasteiger partial charge in [-0.15, -0.1) is 0 Å². The van der Waals surface area contributed by atoms with E-state index < -0.39 is 0 Å². The lowest BCUT2D eigenvalue weighted by atomic mass is 10.0. The van der Waals surface area contributed by atoms with Gasteiger partial charge in [-0.25, -0.2) is 0 Å². The summed E-state index contributed by atoms with van der Waals surface area (Å²) in [6.45, 7) is 4.37. The maximum Gasteiger partial charge on any atom is 0.222 e. The smallest absolute Gasteiger partial charge is 0.222 e. The number of benzene rings is 1. The third-order valence-corrected chi connectivity index (χ3v) is 5.74. The topological polar surface area (TPSA) is 32.8 Å². The zero-order valence-electron chi connectivity index (χ0n) is 15.6. The molecule has 138 valence electrons. The van der Waals surface area contributed by atoms with Crippen molar-refractivity contribution in [1.82, 2.24) is 9.80 Å². The fourth-order valence-electron chi connectivity index (χ4n) is 4.18. The van der Waals surface area contributed by atoms with Gasteiger partial charge in [-0.1, -0.05) is 25.0 Å². The van der Waals surface area contributed by atoms with Gasteiger partial charge in [-0.05, 0) is 62.9 Å². The summed E-state index contributed by atoms with van der Waals surface area (Å²) < 4.78 is 5.26. The summed E-state index contributed by atoms with van der Waals surface area (Å²) in [5.74, 6) is 1.17. The Labute approximate surface area is 152 Å². The van der Waals surface area contributed by atoms with Crippen molar-refractivity contribution in [2.24, 2.45) is 0 Å². The second-order valence-corrected chi connectivity index (χ2v) is 7.41. The molecule has 4 nitrogen and oxygen atoms in total. The Morgan fingerprint density at radius 2 is 1.80 bits per heavy atom. The second kappa shape index (κ2) is 9.23. The number of aryl methyl sites for hydroxylation is 1. The van der Waals surface area contributed by atoms with E-state index in [1.54, 1.807) is 7.11 Å². The quantitative estimate of drug-likeness (QED) is 0.820. The molecule has 0 bridgehead atoms. The third-order valence-electron chi connectivity index (χ3n) is 5.74. The van der Waals surface area contributed by atoms with E-state index in [-0.39, 0.29) is 0 Å². The van der Waals surface area contributed by atoms with E-state index in [2.05, 4.69) is 15.9 Å². The molecule has 4 heteroatoms. The Kier molecular flexibility index (Phi) is 6.74. The zero-order valence-corrected chi connectivity index (χ0v) is 15.6. The van der Waals surface area contributed by atoms with Crippen LogP contribution in [0.5, 0.6) is 5.75 Å². The Morgan fingerprint density at radius 1 is 1.08 bits per heavy atom. The van der Waals surface area contributed by atoms with Crippen molar-refractivity contribution in [3.63, 3.8) is 0 Å². The molecule has 0 atom stereocenters. The molecule has 0 saturated carbocycles. The number of likely N-dealkylation sites (tertiary alicyclic amines) is 2. The molecule has 0 aromatic heterocycles. The average Bonchev–Trinajstić information content (AvgIpc) is 2.96. The number of methoxy groups -OCH3 is 1. The van der Waals surface area contributed by atoms with E-state index in [1.807, 2.05) is 18.2 Å². The van der Waals surface area contributed by atoms with Gasteiger partial charge in [0.2, 0.25) is 5.91 Å². The summed E-state index contributed by atoms with van der Waals surface area (Å²) in [6.07, 6.45) is 9.15. The van der Waals surface area contributed by atoms with Crippen molar-refractivity contribution in [1.29, 1.82) is 0 Å². The molecule has 3 rings (SSSR count). The summed E-state index contributed by atoms with van der Waals surface area (Å²) in [6, 6.07) is 8.73. The first-order valence-electron chi connectivity index (χ1n) is 9.91. The van der Waals surface area contributed by atoms with E-state index in [0.29, 0.717) is 18.4 Å². The van der Waals surface area contributed by atoms with Gasteiger partial charge >= 0.3 is 0 Å². The number of carbonyl (C=O) groups is 1. The number of ether oxygens (including phenoxy) is 1. The molecule has 2 saturated heterocycles. The van der Waals surface area contributed by atoms with Crippen molar-refractivity contribution < 1.29 is 9.53 Å². The van der Waals surface area contributed by atoms with Crippen LogP contribution in [0.4, 0.5) is 0 Å². The van der Waals surface area contributed by atoms with E-state index in [9.17, 15) is 4.79 Å². The van der Waals surface area contributed by atoms with Crippen LogP contribution in [0.2, 0.25) is 0 Å². The van der Waals surface area contributed by atoms with Gasteiger partial charge in [0.05, 0.1) is 7.11 Å². The predicted octanol–water partition coefficient (Wildman–Crippen LogP) is 3.49. The normalized spacial score (nSPS) is 20.3. The minimum absolute atomic E-state index is 0.303. The summed E-state index contributed by atoms with van der Waals surface area (Å²) >= 11 is 0. The molecule has 1 amide bonds. The maximum absolute atomic E-state index is 12.5. The molecule has 1 aromatic carbocycles. The number of carbonyl (C=O) groups excluding carboxylic acids is 1. The highest BCUT2D eigenvalue weighted by Gasteiger charge is 2.26. The van der Waals surface area contributed by atoms with Crippen LogP contribution in [0.25, 0.3) is 0 Å². The van der Waals surface area contributed by atoms with Gasteiger partial charge in [-0.2, -0.15) is 0 Å². The van der Waals surface area contributed by atoms with Crippen molar-refractivity contribution in [3.05, 3.63) is 29.8 Å². The van der Waals surface area contributed by atoms with Gasteiger partial charge < -0.3 is 14.5 Å². The summed E-state index contributed by atoms with van der Waals surface area (Å²) in [5.41, 5.74) is 1.17. The van der Waals surface area contributed by atoms with Crippen molar-refractivity contribution in [2.75, 3.05) is 33.3 Å². The van der Waals surface area contributed by atoms with Crippen LogP contribution in [-0.4, -0.2) is 55.0 Å². The monoisotopic (exact) mass is 344 g/mol. The van der Waals surface area contributed by atoms with Crippen molar-refractivity contribution in [3.8, 4) is 5.75 Å². The standard InChI is InChI=1S/C21H32N2O2/c1-25-20-8-6-7-18(17-20)9-10-21(24)23-15-11-19(12-16-23)22-13-4-2-3-5-14-22/h6-8,17,19H,2-5,9-16H2,1H3. The molecule has 25 heavy (non-hydrogen) atoms. The molecule has 0 N–H and O–H groups in total. The Morgan fingerprint density at radius 3 is 2.48 bits per heavy atom. The van der Waals surface area contributed by atoms with Gasteiger partial charge in [-0.3, -0.25) is 4.79 Å². The molecular formula is C21H32N2O2. The molecule has 0 aliphatic carbocycles. The highest BCUT2D eigenvalue weighted by molar-refractivity contribution is 5.76. The Bertz CT molecular complexity index is 545. The van der Waals surface area contributed by atoms with Crippen LogP contribution in [0.1, 0.15) is 50.5 Å². The number of hydrogen-bond acceptors (Lipinski definition) is 3. The lowest BCUT2D eigenvalue weighted by molar-refractivity contribution is -0.132. The minimum atomic E-state index is 0.303. The number of amides is 1. The molecule has 2 fully saturated rings. The fraction of sp³-hybridized carbons (Fsp3) is 0.667. The van der Waals surface area contributed by atoms with Gasteiger partial charge in [0.1, 0.15) is 5.75 Å². The van der Waals surface area contributed by atoms with Crippen LogP contribution in [0.15, 0.2) is 24.3 Å².